The Morgan fingerprint density at radius 3 is 2.43 bits per heavy atom. The molecule has 0 radical (unpaired) electrons. The van der Waals surface area contributed by atoms with Gasteiger partial charge in [0.05, 0.1) is 0 Å². The second-order valence-electron chi connectivity index (χ2n) is 8.70. The fourth-order valence-corrected chi connectivity index (χ4v) is 4.44. The van der Waals surface area contributed by atoms with Crippen LogP contribution in [0.4, 0.5) is 5.82 Å². The highest BCUT2D eigenvalue weighted by molar-refractivity contribution is 5.94. The van der Waals surface area contributed by atoms with Crippen LogP contribution in [0.1, 0.15) is 45.9 Å². The van der Waals surface area contributed by atoms with Gasteiger partial charge in [0.1, 0.15) is 5.60 Å². The molecule has 3 heterocycles. The van der Waals surface area contributed by atoms with E-state index in [1.54, 1.807) is 9.80 Å². The van der Waals surface area contributed by atoms with E-state index >= 15 is 0 Å². The summed E-state index contributed by atoms with van der Waals surface area (Å²) in [5, 5.41) is 20.7. The first-order valence-corrected chi connectivity index (χ1v) is 10.6. The van der Waals surface area contributed by atoms with Crippen molar-refractivity contribution in [3.63, 3.8) is 0 Å². The Bertz CT molecular complexity index is 971. The molecule has 1 aromatic carbocycles. The molecule has 1 unspecified atom stereocenters. The lowest BCUT2D eigenvalue weighted by molar-refractivity contribution is -0.143. The summed E-state index contributed by atoms with van der Waals surface area (Å²) >= 11 is 0. The summed E-state index contributed by atoms with van der Waals surface area (Å²) in [7, 11) is 0. The molecule has 3 N–H and O–H groups in total. The highest BCUT2D eigenvalue weighted by atomic mass is 16.3. The van der Waals surface area contributed by atoms with E-state index in [1.807, 2.05) is 31.2 Å². The highest BCUT2D eigenvalue weighted by Crippen LogP contribution is 2.37. The molecule has 0 bridgehead atoms. The zero-order valence-corrected chi connectivity index (χ0v) is 17.1. The number of carbonyl (C=O) groups excluding carboxylic acids is 2. The number of benzene rings is 1. The third kappa shape index (κ3) is 3.35. The van der Waals surface area contributed by atoms with Crippen LogP contribution in [0.2, 0.25) is 0 Å². The van der Waals surface area contributed by atoms with Gasteiger partial charge in [0.15, 0.2) is 5.82 Å². The van der Waals surface area contributed by atoms with Crippen molar-refractivity contribution in [3.8, 4) is 0 Å². The monoisotopic (exact) mass is 409 g/mol. The van der Waals surface area contributed by atoms with Crippen LogP contribution in [0.15, 0.2) is 24.3 Å². The molecule has 1 saturated carbocycles. The maximum absolute atomic E-state index is 12.9. The van der Waals surface area contributed by atoms with Crippen LogP contribution in [0, 0.1) is 6.92 Å². The van der Waals surface area contributed by atoms with Gasteiger partial charge < -0.3 is 20.2 Å². The molecule has 1 saturated heterocycles. The third-order valence-electron chi connectivity index (χ3n) is 6.65. The summed E-state index contributed by atoms with van der Waals surface area (Å²) in [5.41, 5.74) is 3.07. The predicted octanol–water partition coefficient (Wildman–Crippen LogP) is 1.28. The van der Waals surface area contributed by atoms with Crippen LogP contribution in [-0.4, -0.2) is 75.2 Å². The smallest absolute Gasteiger partial charge is 0.254 e. The largest absolute Gasteiger partial charge is 0.380 e. The molecule has 8 nitrogen and oxygen atoms in total. The number of aryl methyl sites for hydroxylation is 1. The first-order chi connectivity index (χ1) is 14.4. The van der Waals surface area contributed by atoms with Gasteiger partial charge in [-0.3, -0.25) is 14.7 Å². The van der Waals surface area contributed by atoms with E-state index in [4.69, 9.17) is 0 Å². The molecule has 0 spiro atoms. The molecule has 1 aromatic heterocycles. The normalized spacial score (nSPS) is 22.3. The van der Waals surface area contributed by atoms with Crippen molar-refractivity contribution in [1.82, 2.24) is 20.0 Å². The number of amides is 2. The fourth-order valence-electron chi connectivity index (χ4n) is 4.44. The molecule has 2 aromatic rings. The number of anilines is 1. The summed E-state index contributed by atoms with van der Waals surface area (Å²) in [4.78, 5) is 28.6. The van der Waals surface area contributed by atoms with Crippen molar-refractivity contribution in [2.75, 3.05) is 38.0 Å². The van der Waals surface area contributed by atoms with Gasteiger partial charge in [0.2, 0.25) is 0 Å². The number of rotatable bonds is 3. The third-order valence-corrected chi connectivity index (χ3v) is 6.65. The number of aromatic nitrogens is 2. The number of hydrogen-bond acceptors (Lipinski definition) is 5. The zero-order valence-electron chi connectivity index (χ0n) is 17.1. The van der Waals surface area contributed by atoms with Crippen LogP contribution in [-0.2, 0) is 11.2 Å². The first kappa shape index (κ1) is 19.1. The van der Waals surface area contributed by atoms with Gasteiger partial charge in [0, 0.05) is 55.5 Å². The summed E-state index contributed by atoms with van der Waals surface area (Å²) in [6, 6.07) is 7.89. The predicted molar refractivity (Wildman–Crippen MR) is 111 cm³/mol. The Kier molecular flexibility index (Phi) is 4.54. The van der Waals surface area contributed by atoms with Crippen molar-refractivity contribution >= 4 is 17.6 Å². The molecular formula is C22H27N5O3. The van der Waals surface area contributed by atoms with E-state index in [0.29, 0.717) is 50.5 Å². The van der Waals surface area contributed by atoms with Crippen LogP contribution in [0.3, 0.4) is 0 Å². The number of nitrogens with zero attached hydrogens (tertiary/aromatic N) is 3. The SMILES string of the molecule is Cc1[nH]nc2c1CC(c1ccc(C(=O)N3CCN(C(=O)C4(O)CC4)CC3)cc1)CN2. The maximum Gasteiger partial charge on any atom is 0.254 e. The lowest BCUT2D eigenvalue weighted by Crippen LogP contribution is -2.53. The molecule has 2 fully saturated rings. The number of carbonyl (C=O) groups is 2. The van der Waals surface area contributed by atoms with Gasteiger partial charge in [-0.05, 0) is 43.9 Å². The zero-order chi connectivity index (χ0) is 20.9. The summed E-state index contributed by atoms with van der Waals surface area (Å²) in [6.07, 6.45) is 2.03. The molecule has 3 aliphatic rings. The number of fused-ring (bicyclic) bond motifs is 1. The number of aromatic amines is 1. The molecule has 1 aliphatic carbocycles. The minimum Gasteiger partial charge on any atom is -0.380 e. The van der Waals surface area contributed by atoms with Crippen molar-refractivity contribution in [2.45, 2.75) is 37.7 Å². The van der Waals surface area contributed by atoms with Gasteiger partial charge >= 0.3 is 0 Å². The molecule has 30 heavy (non-hydrogen) atoms. The summed E-state index contributed by atoms with van der Waals surface area (Å²) < 4.78 is 0. The van der Waals surface area contributed by atoms with Gasteiger partial charge in [-0.1, -0.05) is 12.1 Å². The lowest BCUT2D eigenvalue weighted by atomic mass is 9.89. The molecule has 5 rings (SSSR count). The van der Waals surface area contributed by atoms with Gasteiger partial charge in [-0.15, -0.1) is 0 Å². The minimum absolute atomic E-state index is 0.00600. The van der Waals surface area contributed by atoms with Crippen molar-refractivity contribution in [2.24, 2.45) is 0 Å². The van der Waals surface area contributed by atoms with Gasteiger partial charge in [0.25, 0.3) is 11.8 Å². The number of H-pyrrole nitrogens is 1. The molecule has 8 heteroatoms. The fraction of sp³-hybridized carbons (Fsp3) is 0.500. The number of piperazine rings is 1. The Balaban J connectivity index is 1.20. The van der Waals surface area contributed by atoms with Crippen molar-refractivity contribution < 1.29 is 14.7 Å². The number of hydrogen-bond donors (Lipinski definition) is 3. The lowest BCUT2D eigenvalue weighted by Gasteiger charge is -2.35. The Morgan fingerprint density at radius 1 is 1.10 bits per heavy atom. The number of nitrogens with one attached hydrogen (secondary N) is 2. The molecule has 2 amide bonds. The minimum atomic E-state index is -1.13. The maximum atomic E-state index is 12.9. The second kappa shape index (κ2) is 7.12. The van der Waals surface area contributed by atoms with Crippen LogP contribution >= 0.6 is 0 Å². The second-order valence-corrected chi connectivity index (χ2v) is 8.70. The standard InChI is InChI=1S/C22H27N5O3/c1-14-18-12-17(13-23-19(18)25-24-14)15-2-4-16(5-3-15)20(28)26-8-10-27(11-9-26)21(29)22(30)6-7-22/h2-5,17,30H,6-13H2,1H3,(H2,23,24,25). The van der Waals surface area contributed by atoms with E-state index < -0.39 is 5.60 Å². The van der Waals surface area contributed by atoms with Crippen LogP contribution in [0.25, 0.3) is 0 Å². The van der Waals surface area contributed by atoms with E-state index in [0.717, 1.165) is 24.5 Å². The van der Waals surface area contributed by atoms with Gasteiger partial charge in [-0.25, -0.2) is 0 Å². The average molecular weight is 409 g/mol. The Morgan fingerprint density at radius 2 is 1.77 bits per heavy atom. The van der Waals surface area contributed by atoms with E-state index in [9.17, 15) is 14.7 Å². The topological polar surface area (TPSA) is 102 Å². The quantitative estimate of drug-likeness (QED) is 0.709. The van der Waals surface area contributed by atoms with Crippen molar-refractivity contribution in [3.05, 3.63) is 46.6 Å². The highest BCUT2D eigenvalue weighted by Gasteiger charge is 2.50. The van der Waals surface area contributed by atoms with E-state index in [2.05, 4.69) is 15.5 Å². The Hall–Kier alpha value is -2.87. The van der Waals surface area contributed by atoms with E-state index in [1.165, 1.54) is 11.1 Å². The summed E-state index contributed by atoms with van der Waals surface area (Å²) in [6.45, 7) is 4.81. The molecule has 1 atom stereocenters. The molecule has 2 aliphatic heterocycles. The first-order valence-electron chi connectivity index (χ1n) is 10.6. The molecule has 158 valence electrons. The van der Waals surface area contributed by atoms with Crippen molar-refractivity contribution in [1.29, 1.82) is 0 Å². The Labute approximate surface area is 175 Å². The van der Waals surface area contributed by atoms with Crippen LogP contribution < -0.4 is 5.32 Å². The average Bonchev–Trinajstić information content (AvgIpc) is 3.44. The van der Waals surface area contributed by atoms with Gasteiger partial charge in [-0.2, -0.15) is 5.10 Å². The van der Waals surface area contributed by atoms with Crippen LogP contribution in [0.5, 0.6) is 0 Å². The van der Waals surface area contributed by atoms with E-state index in [-0.39, 0.29) is 11.8 Å². The summed E-state index contributed by atoms with van der Waals surface area (Å²) in [5.74, 6) is 1.10. The molecular weight excluding hydrogens is 382 g/mol. The number of aliphatic hydroxyl groups is 1.